The van der Waals surface area contributed by atoms with Crippen LogP contribution in [0.2, 0.25) is 0 Å². The molecule has 0 heteroatoms. The van der Waals surface area contributed by atoms with Gasteiger partial charge in [-0.1, -0.05) is 79.7 Å². The van der Waals surface area contributed by atoms with Crippen molar-refractivity contribution in [2.24, 2.45) is 0 Å². The minimum atomic E-state index is 0.367. The highest BCUT2D eigenvalue weighted by Gasteiger charge is 2.22. The van der Waals surface area contributed by atoms with Crippen molar-refractivity contribution in [3.63, 3.8) is 0 Å². The number of allylic oxidation sites excluding steroid dienone is 4. The fraction of sp³-hybridized carbons (Fsp3) is 0.200. The van der Waals surface area contributed by atoms with Crippen LogP contribution in [0.25, 0.3) is 0 Å². The van der Waals surface area contributed by atoms with Crippen LogP contribution in [0.1, 0.15) is 36.8 Å². The number of hydrogen-bond donors (Lipinski definition) is 0. The summed E-state index contributed by atoms with van der Waals surface area (Å²) in [4.78, 5) is 0. The average Bonchev–Trinajstić information content (AvgIpc) is 2.98. The van der Waals surface area contributed by atoms with Crippen molar-refractivity contribution in [2.45, 2.75) is 25.7 Å². The predicted molar refractivity (Wildman–Crippen MR) is 85.8 cm³/mol. The summed E-state index contributed by atoms with van der Waals surface area (Å²) >= 11 is 0. The van der Waals surface area contributed by atoms with E-state index >= 15 is 0 Å². The number of benzene rings is 2. The maximum Gasteiger partial charge on any atom is 0.0339 e. The summed E-state index contributed by atoms with van der Waals surface area (Å²) in [6, 6.07) is 21.7. The lowest BCUT2D eigenvalue weighted by molar-refractivity contribution is 0.932. The molecule has 0 fully saturated rings. The summed E-state index contributed by atoms with van der Waals surface area (Å²) in [6.45, 7) is 2.25. The Morgan fingerprint density at radius 1 is 0.800 bits per heavy atom. The van der Waals surface area contributed by atoms with Crippen molar-refractivity contribution in [3.8, 4) is 0 Å². The van der Waals surface area contributed by atoms with E-state index in [9.17, 15) is 0 Å². The second kappa shape index (κ2) is 5.92. The van der Waals surface area contributed by atoms with E-state index in [0.29, 0.717) is 5.92 Å². The highest BCUT2D eigenvalue weighted by atomic mass is 14.3. The molecular weight excluding hydrogens is 240 g/mol. The van der Waals surface area contributed by atoms with Crippen LogP contribution in [0.3, 0.4) is 0 Å². The van der Waals surface area contributed by atoms with Crippen molar-refractivity contribution in [2.75, 3.05) is 0 Å². The van der Waals surface area contributed by atoms with Crippen molar-refractivity contribution in [3.05, 3.63) is 95.1 Å². The first kappa shape index (κ1) is 12.9. The van der Waals surface area contributed by atoms with Crippen LogP contribution in [0, 0.1) is 0 Å². The maximum absolute atomic E-state index is 2.39. The van der Waals surface area contributed by atoms with E-state index in [1.54, 1.807) is 0 Å². The van der Waals surface area contributed by atoms with Gasteiger partial charge in [0.25, 0.3) is 0 Å². The summed E-state index contributed by atoms with van der Waals surface area (Å²) in [6.07, 6.45) is 6.95. The molecule has 0 aliphatic heterocycles. The van der Waals surface area contributed by atoms with Crippen LogP contribution in [0.4, 0.5) is 0 Å². The molecule has 2 aromatic carbocycles. The summed E-state index contributed by atoms with van der Waals surface area (Å²) in [5, 5.41) is 0. The van der Waals surface area contributed by atoms with E-state index in [4.69, 9.17) is 0 Å². The van der Waals surface area contributed by atoms with Crippen LogP contribution in [0.15, 0.2) is 84.0 Å². The minimum absolute atomic E-state index is 0.367. The van der Waals surface area contributed by atoms with Gasteiger partial charge in [0.05, 0.1) is 0 Å². The first-order chi connectivity index (χ1) is 9.90. The monoisotopic (exact) mass is 260 g/mol. The molecule has 1 aliphatic carbocycles. The SMILES string of the molecule is CCC1=CCC=C1C(c1ccccc1)c1ccccc1. The molecule has 1 aliphatic rings. The molecule has 0 N–H and O–H groups in total. The standard InChI is InChI=1S/C20H20/c1-2-16-14-9-15-19(16)20(17-10-5-3-6-11-17)18-12-7-4-8-13-18/h3-8,10-15,20H,2,9H2,1H3. The minimum Gasteiger partial charge on any atom is -0.0772 e. The van der Waals surface area contributed by atoms with Crippen molar-refractivity contribution >= 4 is 0 Å². The van der Waals surface area contributed by atoms with E-state index in [0.717, 1.165) is 12.8 Å². The lowest BCUT2D eigenvalue weighted by Gasteiger charge is -2.22. The lowest BCUT2D eigenvalue weighted by Crippen LogP contribution is -2.05. The Labute approximate surface area is 121 Å². The van der Waals surface area contributed by atoms with Crippen molar-refractivity contribution in [1.82, 2.24) is 0 Å². The molecule has 0 radical (unpaired) electrons. The Bertz CT molecular complexity index is 578. The molecule has 0 heterocycles. The predicted octanol–water partition coefficient (Wildman–Crippen LogP) is 5.49. The molecule has 0 aromatic heterocycles. The van der Waals surface area contributed by atoms with Gasteiger partial charge in [-0.2, -0.15) is 0 Å². The molecule has 0 amide bonds. The third-order valence-corrected chi connectivity index (χ3v) is 4.03. The largest absolute Gasteiger partial charge is 0.0772 e. The first-order valence-corrected chi connectivity index (χ1v) is 7.39. The van der Waals surface area contributed by atoms with Crippen LogP contribution in [0.5, 0.6) is 0 Å². The Morgan fingerprint density at radius 2 is 1.35 bits per heavy atom. The Balaban J connectivity index is 2.08. The topological polar surface area (TPSA) is 0 Å². The zero-order valence-corrected chi connectivity index (χ0v) is 11.9. The van der Waals surface area contributed by atoms with E-state index in [2.05, 4.69) is 79.7 Å². The van der Waals surface area contributed by atoms with Crippen LogP contribution in [-0.2, 0) is 0 Å². The Kier molecular flexibility index (Phi) is 3.83. The second-order valence-corrected chi connectivity index (χ2v) is 5.23. The molecule has 3 rings (SSSR count). The molecule has 2 aromatic rings. The highest BCUT2D eigenvalue weighted by molar-refractivity contribution is 5.51. The molecule has 0 atom stereocenters. The molecule has 0 unspecified atom stereocenters. The number of hydrogen-bond acceptors (Lipinski definition) is 0. The normalized spacial score (nSPS) is 14.3. The van der Waals surface area contributed by atoms with Crippen LogP contribution >= 0.6 is 0 Å². The molecule has 20 heavy (non-hydrogen) atoms. The van der Waals surface area contributed by atoms with Gasteiger partial charge in [-0.25, -0.2) is 0 Å². The van der Waals surface area contributed by atoms with Gasteiger partial charge in [0, 0.05) is 5.92 Å². The molecule has 0 spiro atoms. The van der Waals surface area contributed by atoms with Gasteiger partial charge in [0.1, 0.15) is 0 Å². The lowest BCUT2D eigenvalue weighted by atomic mass is 9.82. The quantitative estimate of drug-likeness (QED) is 0.682. The molecule has 0 nitrogen and oxygen atoms in total. The maximum atomic E-state index is 2.39. The van der Waals surface area contributed by atoms with Gasteiger partial charge in [-0.3, -0.25) is 0 Å². The van der Waals surface area contributed by atoms with Gasteiger partial charge in [-0.15, -0.1) is 0 Å². The van der Waals surface area contributed by atoms with Crippen LogP contribution < -0.4 is 0 Å². The van der Waals surface area contributed by atoms with E-state index in [1.165, 1.54) is 22.3 Å². The Hall–Kier alpha value is -2.08. The third kappa shape index (κ3) is 2.46. The van der Waals surface area contributed by atoms with Gasteiger partial charge in [0.2, 0.25) is 0 Å². The molecule has 0 bridgehead atoms. The fourth-order valence-electron chi connectivity index (χ4n) is 3.07. The molecular formula is C20H20. The van der Waals surface area contributed by atoms with E-state index in [-0.39, 0.29) is 0 Å². The zero-order valence-electron chi connectivity index (χ0n) is 11.9. The fourth-order valence-corrected chi connectivity index (χ4v) is 3.07. The smallest absolute Gasteiger partial charge is 0.0339 e. The zero-order chi connectivity index (χ0) is 13.8. The molecule has 0 saturated carbocycles. The number of rotatable bonds is 4. The first-order valence-electron chi connectivity index (χ1n) is 7.39. The van der Waals surface area contributed by atoms with Gasteiger partial charge >= 0.3 is 0 Å². The summed E-state index contributed by atoms with van der Waals surface area (Å²) < 4.78 is 0. The molecule has 0 saturated heterocycles. The second-order valence-electron chi connectivity index (χ2n) is 5.23. The molecule has 100 valence electrons. The van der Waals surface area contributed by atoms with Gasteiger partial charge in [-0.05, 0) is 35.1 Å². The van der Waals surface area contributed by atoms with Crippen molar-refractivity contribution in [1.29, 1.82) is 0 Å². The Morgan fingerprint density at radius 3 is 1.85 bits per heavy atom. The van der Waals surface area contributed by atoms with E-state index in [1.807, 2.05) is 0 Å². The third-order valence-electron chi connectivity index (χ3n) is 4.03. The van der Waals surface area contributed by atoms with Gasteiger partial charge in [0.15, 0.2) is 0 Å². The van der Waals surface area contributed by atoms with Crippen LogP contribution in [-0.4, -0.2) is 0 Å². The summed E-state index contributed by atoms with van der Waals surface area (Å²) in [5.74, 6) is 0.367. The van der Waals surface area contributed by atoms with Crippen molar-refractivity contribution < 1.29 is 0 Å². The highest BCUT2D eigenvalue weighted by Crippen LogP contribution is 2.39. The van der Waals surface area contributed by atoms with E-state index < -0.39 is 0 Å². The average molecular weight is 260 g/mol. The van der Waals surface area contributed by atoms with Gasteiger partial charge < -0.3 is 0 Å². The summed E-state index contributed by atoms with van der Waals surface area (Å²) in [5.41, 5.74) is 5.75. The summed E-state index contributed by atoms with van der Waals surface area (Å²) in [7, 11) is 0.